The van der Waals surface area contributed by atoms with Crippen LogP contribution in [0.25, 0.3) is 5.69 Å². The van der Waals surface area contributed by atoms with Crippen LogP contribution in [-0.4, -0.2) is 39.8 Å². The highest BCUT2D eigenvalue weighted by molar-refractivity contribution is 7.80. The van der Waals surface area contributed by atoms with E-state index >= 15 is 0 Å². The summed E-state index contributed by atoms with van der Waals surface area (Å²) in [5, 5.41) is 3.94. The fourth-order valence-electron chi connectivity index (χ4n) is 4.05. The van der Waals surface area contributed by atoms with E-state index < -0.39 is 11.7 Å². The second kappa shape index (κ2) is 9.30. The molecule has 1 saturated heterocycles. The molecule has 3 aromatic rings. The summed E-state index contributed by atoms with van der Waals surface area (Å²) in [6, 6.07) is 14.3. The first-order valence-electron chi connectivity index (χ1n) is 10.2. The molecule has 9 heteroatoms. The van der Waals surface area contributed by atoms with Crippen LogP contribution in [0.4, 0.5) is 13.2 Å². The molecule has 0 radical (unpaired) electrons. The summed E-state index contributed by atoms with van der Waals surface area (Å²) in [7, 11) is 1.65. The van der Waals surface area contributed by atoms with E-state index in [4.69, 9.17) is 17.0 Å². The van der Waals surface area contributed by atoms with Crippen molar-refractivity contribution in [2.24, 2.45) is 0 Å². The average molecular weight is 461 g/mol. The zero-order valence-electron chi connectivity index (χ0n) is 17.4. The molecule has 5 nitrogen and oxygen atoms in total. The van der Waals surface area contributed by atoms with E-state index in [0.29, 0.717) is 24.0 Å². The molecule has 168 valence electrons. The Bertz CT molecular complexity index is 1070. The number of benzene rings is 1. The highest BCUT2D eigenvalue weighted by Gasteiger charge is 2.41. The van der Waals surface area contributed by atoms with Gasteiger partial charge in [0.05, 0.1) is 23.3 Å². The zero-order chi connectivity index (χ0) is 22.7. The van der Waals surface area contributed by atoms with Crippen LogP contribution in [0, 0.1) is 0 Å². The van der Waals surface area contributed by atoms with Gasteiger partial charge in [0.1, 0.15) is 0 Å². The lowest BCUT2D eigenvalue weighted by molar-refractivity contribution is -0.137. The van der Waals surface area contributed by atoms with Crippen LogP contribution in [-0.2, 0) is 10.9 Å². The molecular formula is C23H23F3N4OS. The van der Waals surface area contributed by atoms with Crippen molar-refractivity contribution in [2.45, 2.75) is 24.7 Å². The van der Waals surface area contributed by atoms with Crippen molar-refractivity contribution in [1.82, 2.24) is 19.8 Å². The summed E-state index contributed by atoms with van der Waals surface area (Å²) in [4.78, 5) is 6.57. The quantitative estimate of drug-likeness (QED) is 0.401. The number of alkyl halides is 3. The van der Waals surface area contributed by atoms with Crippen molar-refractivity contribution < 1.29 is 17.9 Å². The molecule has 2 atom stereocenters. The maximum Gasteiger partial charge on any atom is 0.416 e. The van der Waals surface area contributed by atoms with Crippen LogP contribution >= 0.6 is 12.2 Å². The molecular weight excluding hydrogens is 437 g/mol. The first-order valence-corrected chi connectivity index (χ1v) is 10.6. The van der Waals surface area contributed by atoms with Gasteiger partial charge < -0.3 is 19.5 Å². The Labute approximate surface area is 189 Å². The van der Waals surface area contributed by atoms with E-state index in [1.54, 1.807) is 30.1 Å². The maximum atomic E-state index is 13.3. The van der Waals surface area contributed by atoms with Gasteiger partial charge in [0, 0.05) is 44.0 Å². The first-order chi connectivity index (χ1) is 15.4. The van der Waals surface area contributed by atoms with Crippen LogP contribution in [0.15, 0.2) is 67.0 Å². The van der Waals surface area contributed by atoms with Gasteiger partial charge in [-0.3, -0.25) is 4.98 Å². The van der Waals surface area contributed by atoms with E-state index in [2.05, 4.69) is 15.2 Å². The second-order valence-corrected chi connectivity index (χ2v) is 7.90. The molecule has 0 spiro atoms. The summed E-state index contributed by atoms with van der Waals surface area (Å²) >= 11 is 5.64. The number of rotatable bonds is 7. The van der Waals surface area contributed by atoms with Gasteiger partial charge >= 0.3 is 6.18 Å². The standard InChI is InChI=1S/C23H23F3N4OS/c1-31-14-6-13-30-21(20(28-22(30)32)18-9-2-3-11-27-18)19-10-5-12-29(19)17-8-4-7-16(15-17)23(24,25)26/h2-5,7-12,15,20-21H,6,13-14H2,1H3,(H,28,32)/t20-,21+/m1/s1. The van der Waals surface area contributed by atoms with Gasteiger partial charge in [0.15, 0.2) is 5.11 Å². The largest absolute Gasteiger partial charge is 0.416 e. The number of nitrogens with one attached hydrogen (secondary N) is 1. The minimum Gasteiger partial charge on any atom is -0.385 e. The number of pyridine rings is 1. The molecule has 3 heterocycles. The number of methoxy groups -OCH3 is 1. The lowest BCUT2D eigenvalue weighted by atomic mass is 10.0. The molecule has 2 aromatic heterocycles. The van der Waals surface area contributed by atoms with Gasteiger partial charge in [-0.2, -0.15) is 13.2 Å². The van der Waals surface area contributed by atoms with Gasteiger partial charge in [-0.05, 0) is 61.1 Å². The zero-order valence-corrected chi connectivity index (χ0v) is 18.2. The molecule has 1 aliphatic heterocycles. The third kappa shape index (κ3) is 4.49. The van der Waals surface area contributed by atoms with E-state index in [1.165, 1.54) is 6.07 Å². The van der Waals surface area contributed by atoms with Crippen LogP contribution in [0.1, 0.15) is 35.5 Å². The number of aromatic nitrogens is 2. The van der Waals surface area contributed by atoms with Crippen molar-refractivity contribution in [3.05, 3.63) is 83.9 Å². The molecule has 1 aromatic carbocycles. The molecule has 1 aliphatic rings. The normalized spacial score (nSPS) is 18.8. The molecule has 32 heavy (non-hydrogen) atoms. The molecule has 0 bridgehead atoms. The number of thiocarbonyl (C=S) groups is 1. The summed E-state index contributed by atoms with van der Waals surface area (Å²) in [6.45, 7) is 1.22. The Hall–Kier alpha value is -2.91. The fourth-order valence-corrected chi connectivity index (χ4v) is 4.38. The molecule has 4 rings (SSSR count). The molecule has 1 fully saturated rings. The Morgan fingerprint density at radius 1 is 1.12 bits per heavy atom. The van der Waals surface area contributed by atoms with Gasteiger partial charge in [0.25, 0.3) is 0 Å². The molecule has 0 unspecified atom stereocenters. The van der Waals surface area contributed by atoms with Crippen molar-refractivity contribution in [3.8, 4) is 5.69 Å². The Morgan fingerprint density at radius 3 is 2.69 bits per heavy atom. The Morgan fingerprint density at radius 2 is 1.97 bits per heavy atom. The van der Waals surface area contributed by atoms with Gasteiger partial charge in [-0.1, -0.05) is 12.1 Å². The van der Waals surface area contributed by atoms with Crippen molar-refractivity contribution in [2.75, 3.05) is 20.3 Å². The molecule has 0 amide bonds. The van der Waals surface area contributed by atoms with Crippen LogP contribution in [0.5, 0.6) is 0 Å². The third-order valence-electron chi connectivity index (χ3n) is 5.48. The monoisotopic (exact) mass is 460 g/mol. The predicted molar refractivity (Wildman–Crippen MR) is 119 cm³/mol. The molecule has 0 saturated carbocycles. The second-order valence-electron chi connectivity index (χ2n) is 7.52. The molecule has 0 aliphatic carbocycles. The van der Waals surface area contributed by atoms with E-state index in [9.17, 15) is 13.2 Å². The minimum absolute atomic E-state index is 0.245. The predicted octanol–water partition coefficient (Wildman–Crippen LogP) is 4.90. The number of hydrogen-bond acceptors (Lipinski definition) is 3. The number of nitrogens with zero attached hydrogens (tertiary/aromatic N) is 3. The first kappa shape index (κ1) is 22.3. The summed E-state index contributed by atoms with van der Waals surface area (Å²) in [5.74, 6) is 0. The Balaban J connectivity index is 1.77. The maximum absolute atomic E-state index is 13.3. The van der Waals surface area contributed by atoms with E-state index in [1.807, 2.05) is 30.3 Å². The Kier molecular flexibility index (Phi) is 6.48. The van der Waals surface area contributed by atoms with Crippen LogP contribution in [0.2, 0.25) is 0 Å². The minimum atomic E-state index is -4.41. The lowest BCUT2D eigenvalue weighted by Gasteiger charge is -2.29. The smallest absolute Gasteiger partial charge is 0.385 e. The SMILES string of the molecule is COCCCN1C(=S)N[C@H](c2ccccn2)[C@@H]1c1cccn1-c1cccc(C(F)(F)F)c1. The summed E-state index contributed by atoms with van der Waals surface area (Å²) < 4.78 is 46.9. The lowest BCUT2D eigenvalue weighted by Crippen LogP contribution is -2.32. The van der Waals surface area contributed by atoms with E-state index in [-0.39, 0.29) is 12.1 Å². The summed E-state index contributed by atoms with van der Waals surface area (Å²) in [5.41, 5.74) is 1.39. The van der Waals surface area contributed by atoms with Gasteiger partial charge in [0.2, 0.25) is 0 Å². The third-order valence-corrected chi connectivity index (χ3v) is 5.83. The van der Waals surface area contributed by atoms with E-state index in [0.717, 1.165) is 29.9 Å². The number of hydrogen-bond donors (Lipinski definition) is 1. The van der Waals surface area contributed by atoms with Crippen molar-refractivity contribution in [3.63, 3.8) is 0 Å². The van der Waals surface area contributed by atoms with Gasteiger partial charge in [-0.25, -0.2) is 0 Å². The van der Waals surface area contributed by atoms with Crippen molar-refractivity contribution >= 4 is 17.3 Å². The topological polar surface area (TPSA) is 42.3 Å². The highest BCUT2D eigenvalue weighted by Crippen LogP contribution is 2.40. The molecule has 1 N–H and O–H groups in total. The average Bonchev–Trinajstić information content (AvgIpc) is 3.39. The fraction of sp³-hybridized carbons (Fsp3) is 0.304. The number of halogens is 3. The van der Waals surface area contributed by atoms with Gasteiger partial charge in [-0.15, -0.1) is 0 Å². The van der Waals surface area contributed by atoms with Crippen LogP contribution < -0.4 is 5.32 Å². The summed E-state index contributed by atoms with van der Waals surface area (Å²) in [6.07, 6.45) is -0.165. The highest BCUT2D eigenvalue weighted by atomic mass is 32.1. The van der Waals surface area contributed by atoms with Crippen LogP contribution in [0.3, 0.4) is 0 Å². The van der Waals surface area contributed by atoms with Crippen molar-refractivity contribution in [1.29, 1.82) is 0 Å². The number of ether oxygens (including phenoxy) is 1.